The number of benzene rings is 10. The van der Waals surface area contributed by atoms with Gasteiger partial charge in [-0.15, -0.1) is 34.0 Å². The number of nitrogens with zero attached hydrogens (tertiary/aromatic N) is 2. The van der Waals surface area contributed by atoms with Gasteiger partial charge >= 0.3 is 0 Å². The van der Waals surface area contributed by atoms with Gasteiger partial charge < -0.3 is 14.2 Å². The topological polar surface area (TPSA) is 19.6 Å². The molecule has 0 saturated heterocycles. The average Bonchev–Trinajstić information content (AvgIpc) is 4.14. The maximum atomic E-state index is 7.13. The van der Waals surface area contributed by atoms with Gasteiger partial charge in [0, 0.05) is 99.7 Å². The Morgan fingerprint density at radius 2 is 0.742 bits per heavy atom. The lowest BCUT2D eigenvalue weighted by molar-refractivity contribution is 0.669. The average molecular weight is 897 g/mol. The largest absolute Gasteiger partial charge is 0.454 e. The van der Waals surface area contributed by atoms with Gasteiger partial charge in [-0.2, -0.15) is 0 Å². The standard InChI is InChI=1S/C60H36N2OS3/c1-3-13-39(14-4-1)61(41-25-27-47-44-17-7-10-20-54(44)65-58(47)35-41)43-33-51-49-31-37(38-24-30-57-50(32-38)46-19-9-12-22-56(46)64-57)23-29-53(49)63-60(51)52(34-43)62(40-15-5-2-6-16-40)42-26-28-48-45-18-8-11-21-55(45)66-59(48)36-42/h1-36H. The van der Waals surface area contributed by atoms with Gasteiger partial charge in [-0.1, -0.05) is 115 Å². The molecule has 6 heteroatoms. The Morgan fingerprint density at radius 1 is 0.273 bits per heavy atom. The summed E-state index contributed by atoms with van der Waals surface area (Å²) >= 11 is 5.54. The van der Waals surface area contributed by atoms with Crippen LogP contribution in [0.5, 0.6) is 0 Å². The van der Waals surface area contributed by atoms with Crippen LogP contribution >= 0.6 is 34.0 Å². The van der Waals surface area contributed by atoms with Crippen molar-refractivity contribution in [3.05, 3.63) is 218 Å². The van der Waals surface area contributed by atoms with Gasteiger partial charge in [0.2, 0.25) is 0 Å². The van der Waals surface area contributed by atoms with Gasteiger partial charge in [0.25, 0.3) is 0 Å². The van der Waals surface area contributed by atoms with Crippen LogP contribution in [-0.2, 0) is 0 Å². The van der Waals surface area contributed by atoms with Gasteiger partial charge in [-0.3, -0.25) is 0 Å². The van der Waals surface area contributed by atoms with E-state index in [0.717, 1.165) is 61.6 Å². The highest BCUT2D eigenvalue weighted by molar-refractivity contribution is 7.26. The predicted molar refractivity (Wildman–Crippen MR) is 287 cm³/mol. The first-order valence-corrected chi connectivity index (χ1v) is 24.6. The number of fused-ring (bicyclic) bond motifs is 12. The summed E-state index contributed by atoms with van der Waals surface area (Å²) in [6.45, 7) is 0. The quantitative estimate of drug-likeness (QED) is 0.159. The second kappa shape index (κ2) is 14.9. The molecule has 14 aromatic rings. The van der Waals surface area contributed by atoms with Crippen molar-refractivity contribution in [2.45, 2.75) is 0 Å². The molecule has 4 aromatic heterocycles. The molecule has 0 unspecified atom stereocenters. The molecule has 4 heterocycles. The van der Waals surface area contributed by atoms with Crippen LogP contribution in [0.4, 0.5) is 34.1 Å². The Hall–Kier alpha value is -7.74. The number of hydrogen-bond acceptors (Lipinski definition) is 6. The third-order valence-electron chi connectivity index (χ3n) is 13.0. The molecule has 0 N–H and O–H groups in total. The summed E-state index contributed by atoms with van der Waals surface area (Å²) in [6, 6.07) is 79.7. The fourth-order valence-electron chi connectivity index (χ4n) is 9.96. The molecule has 0 atom stereocenters. The third-order valence-corrected chi connectivity index (χ3v) is 16.4. The van der Waals surface area contributed by atoms with Gasteiger partial charge in [0.05, 0.1) is 5.69 Å². The smallest absolute Gasteiger partial charge is 0.159 e. The van der Waals surface area contributed by atoms with Crippen molar-refractivity contribution in [3.63, 3.8) is 0 Å². The molecule has 0 spiro atoms. The summed E-state index contributed by atoms with van der Waals surface area (Å²) in [6.07, 6.45) is 0. The molecular weight excluding hydrogens is 861 g/mol. The molecule has 3 nitrogen and oxygen atoms in total. The minimum atomic E-state index is 0.832. The minimum Gasteiger partial charge on any atom is -0.454 e. The first kappa shape index (κ1) is 37.6. The van der Waals surface area contributed by atoms with Crippen LogP contribution in [0.1, 0.15) is 0 Å². The minimum absolute atomic E-state index is 0.832. The lowest BCUT2D eigenvalue weighted by Crippen LogP contribution is -2.13. The van der Waals surface area contributed by atoms with Crippen LogP contribution in [-0.4, -0.2) is 0 Å². The third kappa shape index (κ3) is 6.00. The van der Waals surface area contributed by atoms with Crippen molar-refractivity contribution in [1.29, 1.82) is 0 Å². The second-order valence-corrected chi connectivity index (χ2v) is 20.1. The van der Waals surface area contributed by atoms with Crippen LogP contribution in [0, 0.1) is 0 Å². The molecule has 0 radical (unpaired) electrons. The predicted octanol–water partition coefficient (Wildman–Crippen LogP) is 19.3. The number of furan rings is 1. The molecule has 310 valence electrons. The number of rotatable bonds is 7. The molecule has 0 amide bonds. The van der Waals surface area contributed by atoms with E-state index in [1.807, 2.05) is 34.0 Å². The van der Waals surface area contributed by atoms with Crippen LogP contribution in [0.2, 0.25) is 0 Å². The Bertz CT molecular complexity index is 4200. The first-order valence-electron chi connectivity index (χ1n) is 22.1. The van der Waals surface area contributed by atoms with E-state index in [0.29, 0.717) is 0 Å². The van der Waals surface area contributed by atoms with E-state index >= 15 is 0 Å². The summed E-state index contributed by atoms with van der Waals surface area (Å²) in [4.78, 5) is 4.79. The highest BCUT2D eigenvalue weighted by Crippen LogP contribution is 2.49. The number of hydrogen-bond donors (Lipinski definition) is 0. The summed E-state index contributed by atoms with van der Waals surface area (Å²) in [5.41, 5.74) is 10.3. The highest BCUT2D eigenvalue weighted by Gasteiger charge is 2.25. The van der Waals surface area contributed by atoms with Crippen molar-refractivity contribution >= 4 is 151 Å². The molecule has 0 aliphatic heterocycles. The molecule has 10 aromatic carbocycles. The lowest BCUT2D eigenvalue weighted by Gasteiger charge is -2.29. The molecule has 0 aliphatic carbocycles. The monoisotopic (exact) mass is 896 g/mol. The Kier molecular flexibility index (Phi) is 8.50. The second-order valence-electron chi connectivity index (χ2n) is 16.9. The Balaban J connectivity index is 1.04. The van der Waals surface area contributed by atoms with Crippen LogP contribution in [0.25, 0.3) is 93.6 Å². The number of para-hydroxylation sites is 2. The molecule has 0 aliphatic rings. The zero-order valence-electron chi connectivity index (χ0n) is 35.3. The van der Waals surface area contributed by atoms with Crippen molar-refractivity contribution in [2.24, 2.45) is 0 Å². The van der Waals surface area contributed by atoms with Crippen molar-refractivity contribution < 1.29 is 4.42 Å². The summed E-state index contributed by atoms with van der Waals surface area (Å²) in [5.74, 6) is 0. The fraction of sp³-hybridized carbons (Fsp3) is 0. The maximum Gasteiger partial charge on any atom is 0.159 e. The number of anilines is 6. The normalized spacial score (nSPS) is 11.9. The van der Waals surface area contributed by atoms with Crippen molar-refractivity contribution in [1.82, 2.24) is 0 Å². The first-order chi connectivity index (χ1) is 32.7. The van der Waals surface area contributed by atoms with Crippen LogP contribution in [0.3, 0.4) is 0 Å². The van der Waals surface area contributed by atoms with E-state index in [1.54, 1.807) is 0 Å². The van der Waals surface area contributed by atoms with Gasteiger partial charge in [-0.25, -0.2) is 0 Å². The summed E-state index contributed by atoms with van der Waals surface area (Å²) in [7, 11) is 0. The van der Waals surface area contributed by atoms with E-state index in [4.69, 9.17) is 4.42 Å². The van der Waals surface area contributed by atoms with Gasteiger partial charge in [0.15, 0.2) is 5.58 Å². The van der Waals surface area contributed by atoms with E-state index in [9.17, 15) is 0 Å². The molecule has 0 fully saturated rings. The molecule has 0 saturated carbocycles. The van der Waals surface area contributed by atoms with Gasteiger partial charge in [-0.05, 0) is 114 Å². The number of thiophene rings is 3. The fourth-order valence-corrected chi connectivity index (χ4v) is 13.3. The summed E-state index contributed by atoms with van der Waals surface area (Å²) < 4.78 is 14.8. The van der Waals surface area contributed by atoms with Crippen LogP contribution < -0.4 is 9.80 Å². The molecule has 14 rings (SSSR count). The van der Waals surface area contributed by atoms with Gasteiger partial charge in [0.1, 0.15) is 5.58 Å². The maximum absolute atomic E-state index is 7.13. The zero-order chi connectivity index (χ0) is 43.3. The van der Waals surface area contributed by atoms with Crippen molar-refractivity contribution in [3.8, 4) is 11.1 Å². The Labute approximate surface area is 391 Å². The Morgan fingerprint density at radius 3 is 1.36 bits per heavy atom. The zero-order valence-corrected chi connectivity index (χ0v) is 37.8. The van der Waals surface area contributed by atoms with E-state index in [-0.39, 0.29) is 0 Å². The van der Waals surface area contributed by atoms with E-state index < -0.39 is 0 Å². The van der Waals surface area contributed by atoms with Crippen LogP contribution in [0.15, 0.2) is 223 Å². The highest BCUT2D eigenvalue weighted by atomic mass is 32.1. The molecule has 66 heavy (non-hydrogen) atoms. The molecular formula is C60H36N2OS3. The SMILES string of the molecule is c1ccc(N(c2ccc3c(c2)sc2ccccc23)c2cc(N(c3ccccc3)c3ccc4c(c3)sc3ccccc34)c3oc4ccc(-c5ccc6sc7ccccc7c6c5)cc4c3c2)cc1. The van der Waals surface area contributed by atoms with E-state index in [2.05, 4.69) is 228 Å². The lowest BCUT2D eigenvalue weighted by atomic mass is 10.00. The van der Waals surface area contributed by atoms with Crippen molar-refractivity contribution in [2.75, 3.05) is 9.80 Å². The van der Waals surface area contributed by atoms with E-state index in [1.165, 1.54) is 66.1 Å². The molecule has 0 bridgehead atoms. The summed E-state index contributed by atoms with van der Waals surface area (Å²) in [5, 5.41) is 9.83.